The third-order valence-corrected chi connectivity index (χ3v) is 5.34. The summed E-state index contributed by atoms with van der Waals surface area (Å²) in [5, 5.41) is 6.20. The standard InChI is InChI=1S/C17H19ClFNS/c18-14-8-12(9-15(19)10-14)11-20-17(13-4-1-2-5-13)16-6-3-7-21-16/h3,6-10,13,17,20H,1-2,4-5,11H2. The van der Waals surface area contributed by atoms with Crippen molar-refractivity contribution in [1.29, 1.82) is 0 Å². The lowest BCUT2D eigenvalue weighted by molar-refractivity contribution is 0.370. The van der Waals surface area contributed by atoms with Crippen LogP contribution in [0.5, 0.6) is 0 Å². The van der Waals surface area contributed by atoms with E-state index in [1.54, 1.807) is 17.4 Å². The summed E-state index contributed by atoms with van der Waals surface area (Å²) in [7, 11) is 0. The third kappa shape index (κ3) is 3.85. The third-order valence-electron chi connectivity index (χ3n) is 4.17. The maximum absolute atomic E-state index is 13.4. The molecule has 1 nitrogen and oxygen atoms in total. The molecule has 0 amide bonds. The van der Waals surface area contributed by atoms with E-state index in [0.717, 1.165) is 5.56 Å². The largest absolute Gasteiger partial charge is 0.305 e. The molecule has 1 heterocycles. The average Bonchev–Trinajstić information content (AvgIpc) is 3.10. The van der Waals surface area contributed by atoms with Crippen LogP contribution in [0.4, 0.5) is 4.39 Å². The Hall–Kier alpha value is -0.900. The quantitative estimate of drug-likeness (QED) is 0.759. The molecule has 1 atom stereocenters. The van der Waals surface area contributed by atoms with Gasteiger partial charge < -0.3 is 5.32 Å². The van der Waals surface area contributed by atoms with E-state index in [2.05, 4.69) is 22.8 Å². The number of thiophene rings is 1. The minimum absolute atomic E-state index is 0.271. The first-order valence-corrected chi connectivity index (χ1v) is 8.70. The Bertz CT molecular complexity index is 558. The van der Waals surface area contributed by atoms with Gasteiger partial charge in [-0.2, -0.15) is 0 Å². The SMILES string of the molecule is Fc1cc(Cl)cc(CNC(c2cccs2)C2CCCC2)c1. The lowest BCUT2D eigenvalue weighted by Crippen LogP contribution is -2.26. The molecule has 0 aliphatic heterocycles. The molecule has 1 unspecified atom stereocenters. The number of rotatable bonds is 5. The van der Waals surface area contributed by atoms with E-state index in [4.69, 9.17) is 11.6 Å². The Kier molecular flexibility index (Phi) is 4.94. The fourth-order valence-electron chi connectivity index (χ4n) is 3.20. The van der Waals surface area contributed by atoms with E-state index in [-0.39, 0.29) is 5.82 Å². The summed E-state index contributed by atoms with van der Waals surface area (Å²) >= 11 is 7.72. The molecule has 2 aromatic rings. The molecule has 4 heteroatoms. The van der Waals surface area contributed by atoms with Gasteiger partial charge in [0.25, 0.3) is 0 Å². The topological polar surface area (TPSA) is 12.0 Å². The zero-order chi connectivity index (χ0) is 14.7. The predicted molar refractivity (Wildman–Crippen MR) is 87.3 cm³/mol. The van der Waals surface area contributed by atoms with Crippen molar-refractivity contribution in [3.63, 3.8) is 0 Å². The Morgan fingerprint density at radius 1 is 1.29 bits per heavy atom. The van der Waals surface area contributed by atoms with E-state index in [1.807, 2.05) is 6.07 Å². The molecule has 21 heavy (non-hydrogen) atoms. The minimum Gasteiger partial charge on any atom is -0.305 e. The van der Waals surface area contributed by atoms with E-state index in [0.29, 0.717) is 23.5 Å². The van der Waals surface area contributed by atoms with Gasteiger partial charge in [0.1, 0.15) is 5.82 Å². The van der Waals surface area contributed by atoms with Crippen LogP contribution in [0.1, 0.15) is 42.2 Å². The summed E-state index contributed by atoms with van der Waals surface area (Å²) in [6.07, 6.45) is 5.19. The van der Waals surface area contributed by atoms with Crippen molar-refractivity contribution in [2.24, 2.45) is 5.92 Å². The van der Waals surface area contributed by atoms with Crippen molar-refractivity contribution >= 4 is 22.9 Å². The fraction of sp³-hybridized carbons (Fsp3) is 0.412. The van der Waals surface area contributed by atoms with Crippen LogP contribution in [0.2, 0.25) is 5.02 Å². The summed E-state index contributed by atoms with van der Waals surface area (Å²) in [4.78, 5) is 1.38. The van der Waals surface area contributed by atoms with Crippen molar-refractivity contribution in [2.75, 3.05) is 0 Å². The minimum atomic E-state index is -0.271. The summed E-state index contributed by atoms with van der Waals surface area (Å²) < 4.78 is 13.4. The highest BCUT2D eigenvalue weighted by atomic mass is 35.5. The van der Waals surface area contributed by atoms with Crippen molar-refractivity contribution in [3.05, 3.63) is 57.0 Å². The molecule has 112 valence electrons. The van der Waals surface area contributed by atoms with Crippen molar-refractivity contribution < 1.29 is 4.39 Å². The normalized spacial score (nSPS) is 17.2. The molecule has 0 spiro atoms. The summed E-state index contributed by atoms with van der Waals surface area (Å²) in [6, 6.07) is 9.40. The Labute approximate surface area is 134 Å². The maximum atomic E-state index is 13.4. The second kappa shape index (κ2) is 6.91. The highest BCUT2D eigenvalue weighted by Crippen LogP contribution is 2.37. The number of hydrogen-bond acceptors (Lipinski definition) is 2. The van der Waals surface area contributed by atoms with Gasteiger partial charge in [-0.15, -0.1) is 11.3 Å². The van der Waals surface area contributed by atoms with Crippen LogP contribution in [0.3, 0.4) is 0 Å². The first-order valence-electron chi connectivity index (χ1n) is 7.44. The first kappa shape index (κ1) is 15.0. The van der Waals surface area contributed by atoms with Crippen molar-refractivity contribution in [3.8, 4) is 0 Å². The Morgan fingerprint density at radius 3 is 2.76 bits per heavy atom. The molecule has 0 saturated heterocycles. The van der Waals surface area contributed by atoms with Gasteiger partial charge in [0, 0.05) is 22.5 Å². The number of nitrogens with one attached hydrogen (secondary N) is 1. The van der Waals surface area contributed by atoms with Gasteiger partial charge in [-0.05, 0) is 54.0 Å². The van der Waals surface area contributed by atoms with E-state index in [9.17, 15) is 4.39 Å². The summed E-state index contributed by atoms with van der Waals surface area (Å²) in [5.74, 6) is 0.417. The second-order valence-electron chi connectivity index (χ2n) is 5.70. The smallest absolute Gasteiger partial charge is 0.125 e. The van der Waals surface area contributed by atoms with E-state index in [1.165, 1.54) is 36.6 Å². The zero-order valence-corrected chi connectivity index (χ0v) is 13.4. The van der Waals surface area contributed by atoms with E-state index < -0.39 is 0 Å². The van der Waals surface area contributed by atoms with Crippen molar-refractivity contribution in [1.82, 2.24) is 5.32 Å². The molecule has 1 aromatic heterocycles. The maximum Gasteiger partial charge on any atom is 0.125 e. The lowest BCUT2D eigenvalue weighted by atomic mass is 9.96. The van der Waals surface area contributed by atoms with Gasteiger partial charge in [-0.1, -0.05) is 30.5 Å². The molecule has 0 radical (unpaired) electrons. The van der Waals surface area contributed by atoms with Gasteiger partial charge in [0.2, 0.25) is 0 Å². The fourth-order valence-corrected chi connectivity index (χ4v) is 4.34. The highest BCUT2D eigenvalue weighted by molar-refractivity contribution is 7.10. The number of hydrogen-bond donors (Lipinski definition) is 1. The lowest BCUT2D eigenvalue weighted by Gasteiger charge is -2.24. The molecule has 1 aliphatic carbocycles. The van der Waals surface area contributed by atoms with E-state index >= 15 is 0 Å². The van der Waals surface area contributed by atoms with Crippen LogP contribution in [0, 0.1) is 11.7 Å². The van der Waals surface area contributed by atoms with Gasteiger partial charge in [-0.3, -0.25) is 0 Å². The predicted octanol–water partition coefficient (Wildman–Crippen LogP) is 5.56. The molecule has 1 saturated carbocycles. The molecule has 1 N–H and O–H groups in total. The monoisotopic (exact) mass is 323 g/mol. The highest BCUT2D eigenvalue weighted by Gasteiger charge is 2.26. The van der Waals surface area contributed by atoms with Crippen LogP contribution in [0.25, 0.3) is 0 Å². The van der Waals surface area contributed by atoms with Gasteiger partial charge >= 0.3 is 0 Å². The van der Waals surface area contributed by atoms with Crippen LogP contribution >= 0.6 is 22.9 Å². The molecule has 1 fully saturated rings. The van der Waals surface area contributed by atoms with Crippen molar-refractivity contribution in [2.45, 2.75) is 38.3 Å². The second-order valence-corrected chi connectivity index (χ2v) is 7.11. The van der Waals surface area contributed by atoms with Crippen LogP contribution in [-0.2, 0) is 6.54 Å². The number of benzene rings is 1. The molecular formula is C17H19ClFNS. The van der Waals surface area contributed by atoms with Gasteiger partial charge in [0.15, 0.2) is 0 Å². The molecule has 3 rings (SSSR count). The average molecular weight is 324 g/mol. The van der Waals surface area contributed by atoms with Gasteiger partial charge in [0.05, 0.1) is 0 Å². The zero-order valence-electron chi connectivity index (χ0n) is 11.8. The molecule has 1 aliphatic rings. The first-order chi connectivity index (χ1) is 10.2. The van der Waals surface area contributed by atoms with Crippen LogP contribution < -0.4 is 5.32 Å². The number of halogens is 2. The Balaban J connectivity index is 1.72. The Morgan fingerprint density at radius 2 is 2.10 bits per heavy atom. The van der Waals surface area contributed by atoms with Crippen LogP contribution in [-0.4, -0.2) is 0 Å². The molecule has 0 bridgehead atoms. The molecule has 1 aromatic carbocycles. The summed E-state index contributed by atoms with van der Waals surface area (Å²) in [6.45, 7) is 0.649. The van der Waals surface area contributed by atoms with Crippen LogP contribution in [0.15, 0.2) is 35.7 Å². The summed E-state index contributed by atoms with van der Waals surface area (Å²) in [5.41, 5.74) is 0.902. The van der Waals surface area contributed by atoms with Gasteiger partial charge in [-0.25, -0.2) is 4.39 Å². The molecular weight excluding hydrogens is 305 g/mol.